The van der Waals surface area contributed by atoms with Crippen molar-refractivity contribution in [3.8, 4) is 11.5 Å². The summed E-state index contributed by atoms with van der Waals surface area (Å²) in [6, 6.07) is 15.2. The van der Waals surface area contributed by atoms with Crippen molar-refractivity contribution in [2.24, 2.45) is 5.92 Å². The van der Waals surface area contributed by atoms with Crippen molar-refractivity contribution in [1.29, 1.82) is 0 Å². The first kappa shape index (κ1) is 17.4. The van der Waals surface area contributed by atoms with Crippen LogP contribution in [0.4, 0.5) is 0 Å². The SMILES string of the molecule is C[C@H]1[C@H](NC(=O)c2ccc(Oc3ccccc3Cl)cc2)C2CCN1CC2. The third-order valence-electron chi connectivity index (χ3n) is 5.66. The van der Waals surface area contributed by atoms with Gasteiger partial charge >= 0.3 is 0 Å². The molecule has 0 radical (unpaired) electrons. The van der Waals surface area contributed by atoms with E-state index < -0.39 is 0 Å². The number of piperidine rings is 3. The second kappa shape index (κ2) is 7.29. The van der Waals surface area contributed by atoms with Crippen LogP contribution in [0.1, 0.15) is 30.1 Å². The molecular formula is C21H23ClN2O2. The average molecular weight is 371 g/mol. The second-order valence-corrected chi connectivity index (χ2v) is 7.58. The van der Waals surface area contributed by atoms with Gasteiger partial charge in [-0.25, -0.2) is 0 Å². The second-order valence-electron chi connectivity index (χ2n) is 7.17. The van der Waals surface area contributed by atoms with Crippen molar-refractivity contribution < 1.29 is 9.53 Å². The summed E-state index contributed by atoms with van der Waals surface area (Å²) in [5.41, 5.74) is 0.653. The molecule has 1 amide bonds. The molecule has 5 heteroatoms. The first-order valence-corrected chi connectivity index (χ1v) is 9.57. The monoisotopic (exact) mass is 370 g/mol. The van der Waals surface area contributed by atoms with Crippen LogP contribution in [0.25, 0.3) is 0 Å². The van der Waals surface area contributed by atoms with Crippen LogP contribution in [0, 0.1) is 5.92 Å². The molecular weight excluding hydrogens is 348 g/mol. The molecule has 3 heterocycles. The third kappa shape index (κ3) is 3.44. The molecule has 3 aliphatic heterocycles. The van der Waals surface area contributed by atoms with Gasteiger partial charge in [-0.1, -0.05) is 23.7 Å². The highest BCUT2D eigenvalue weighted by Gasteiger charge is 2.40. The Morgan fingerprint density at radius 3 is 2.46 bits per heavy atom. The topological polar surface area (TPSA) is 41.6 Å². The Hall–Kier alpha value is -2.04. The van der Waals surface area contributed by atoms with E-state index in [2.05, 4.69) is 17.1 Å². The fraction of sp³-hybridized carbons (Fsp3) is 0.381. The fourth-order valence-corrected chi connectivity index (χ4v) is 4.28. The molecule has 2 aromatic carbocycles. The minimum Gasteiger partial charge on any atom is -0.456 e. The highest BCUT2D eigenvalue weighted by molar-refractivity contribution is 6.32. The van der Waals surface area contributed by atoms with Crippen LogP contribution in [0.5, 0.6) is 11.5 Å². The van der Waals surface area contributed by atoms with Gasteiger partial charge in [0.15, 0.2) is 0 Å². The lowest BCUT2D eigenvalue weighted by Gasteiger charge is -2.49. The van der Waals surface area contributed by atoms with E-state index >= 15 is 0 Å². The number of para-hydroxylation sites is 1. The number of nitrogens with one attached hydrogen (secondary N) is 1. The summed E-state index contributed by atoms with van der Waals surface area (Å²) < 4.78 is 5.78. The molecule has 2 aromatic rings. The van der Waals surface area contributed by atoms with Gasteiger partial charge in [0, 0.05) is 17.6 Å². The van der Waals surface area contributed by atoms with E-state index in [1.807, 2.05) is 18.2 Å². The Kier molecular flexibility index (Phi) is 4.88. The maximum atomic E-state index is 12.7. The molecule has 0 aliphatic carbocycles. The summed E-state index contributed by atoms with van der Waals surface area (Å²) in [5, 5.41) is 3.81. The Balaban J connectivity index is 1.42. The van der Waals surface area contributed by atoms with Gasteiger partial charge in [0.1, 0.15) is 11.5 Å². The number of carbonyl (C=O) groups excluding carboxylic acids is 1. The lowest BCUT2D eigenvalue weighted by atomic mass is 9.79. The first-order valence-electron chi connectivity index (χ1n) is 9.19. The molecule has 1 N–H and O–H groups in total. The van der Waals surface area contributed by atoms with Gasteiger partial charge in [0.2, 0.25) is 0 Å². The first-order chi connectivity index (χ1) is 12.6. The molecule has 2 bridgehead atoms. The van der Waals surface area contributed by atoms with Crippen molar-refractivity contribution in [2.45, 2.75) is 31.8 Å². The molecule has 3 aliphatic rings. The molecule has 136 valence electrons. The zero-order chi connectivity index (χ0) is 18.1. The molecule has 4 nitrogen and oxygen atoms in total. The van der Waals surface area contributed by atoms with E-state index in [-0.39, 0.29) is 11.9 Å². The Bertz CT molecular complexity index is 783. The Labute approximate surface area is 159 Å². The number of hydrogen-bond acceptors (Lipinski definition) is 3. The van der Waals surface area contributed by atoms with E-state index in [0.29, 0.717) is 34.0 Å². The number of amides is 1. The van der Waals surface area contributed by atoms with Gasteiger partial charge in [-0.05, 0) is 75.2 Å². The normalized spacial score (nSPS) is 27.2. The molecule has 0 saturated carbocycles. The number of rotatable bonds is 4. The molecule has 3 fully saturated rings. The standard InChI is InChI=1S/C21H23ClN2O2/c1-14-20(15-10-12-24(14)13-11-15)23-21(25)16-6-8-17(9-7-16)26-19-5-3-2-4-18(19)22/h2-9,14-15,20H,10-13H2,1H3,(H,23,25)/t14-,20-/m0/s1. The molecule has 0 spiro atoms. The number of halogens is 1. The predicted octanol–water partition coefficient (Wildman–Crippen LogP) is 4.34. The zero-order valence-electron chi connectivity index (χ0n) is 14.8. The number of benzene rings is 2. The van der Waals surface area contributed by atoms with Crippen LogP contribution in [0.3, 0.4) is 0 Å². The highest BCUT2D eigenvalue weighted by Crippen LogP contribution is 2.32. The lowest BCUT2D eigenvalue weighted by molar-refractivity contribution is 0.0217. The molecule has 0 unspecified atom stereocenters. The number of ether oxygens (including phenoxy) is 1. The van der Waals surface area contributed by atoms with Gasteiger partial charge < -0.3 is 10.1 Å². The van der Waals surface area contributed by atoms with E-state index in [1.54, 1.807) is 30.3 Å². The summed E-state index contributed by atoms with van der Waals surface area (Å²) in [6.45, 7) is 4.54. The highest BCUT2D eigenvalue weighted by atomic mass is 35.5. The van der Waals surface area contributed by atoms with Crippen molar-refractivity contribution in [2.75, 3.05) is 13.1 Å². The van der Waals surface area contributed by atoms with Gasteiger partial charge in [-0.3, -0.25) is 9.69 Å². The van der Waals surface area contributed by atoms with E-state index in [1.165, 1.54) is 12.8 Å². The van der Waals surface area contributed by atoms with Crippen LogP contribution < -0.4 is 10.1 Å². The minimum absolute atomic E-state index is 0.0140. The molecule has 0 aromatic heterocycles. The lowest BCUT2D eigenvalue weighted by Crippen LogP contribution is -2.62. The molecule has 2 atom stereocenters. The van der Waals surface area contributed by atoms with E-state index in [9.17, 15) is 4.79 Å². The molecule has 26 heavy (non-hydrogen) atoms. The van der Waals surface area contributed by atoms with Gasteiger partial charge in [-0.2, -0.15) is 0 Å². The summed E-state index contributed by atoms with van der Waals surface area (Å²) in [7, 11) is 0. The fourth-order valence-electron chi connectivity index (χ4n) is 4.11. The summed E-state index contributed by atoms with van der Waals surface area (Å²) in [4.78, 5) is 15.1. The van der Waals surface area contributed by atoms with Crippen LogP contribution in [0.2, 0.25) is 5.02 Å². The van der Waals surface area contributed by atoms with Crippen LogP contribution in [0.15, 0.2) is 48.5 Å². The quantitative estimate of drug-likeness (QED) is 0.870. The molecule has 5 rings (SSSR count). The van der Waals surface area contributed by atoms with Crippen molar-refractivity contribution in [1.82, 2.24) is 10.2 Å². The molecule has 3 saturated heterocycles. The maximum Gasteiger partial charge on any atom is 0.251 e. The van der Waals surface area contributed by atoms with Crippen molar-refractivity contribution >= 4 is 17.5 Å². The smallest absolute Gasteiger partial charge is 0.251 e. The predicted molar refractivity (Wildman–Crippen MR) is 103 cm³/mol. The minimum atomic E-state index is -0.0140. The van der Waals surface area contributed by atoms with Gasteiger partial charge in [-0.15, -0.1) is 0 Å². The zero-order valence-corrected chi connectivity index (χ0v) is 15.6. The summed E-state index contributed by atoms with van der Waals surface area (Å²) >= 11 is 6.12. The number of carbonyl (C=O) groups is 1. The van der Waals surface area contributed by atoms with Crippen LogP contribution in [-0.2, 0) is 0 Å². The van der Waals surface area contributed by atoms with Crippen LogP contribution in [-0.4, -0.2) is 36.0 Å². The van der Waals surface area contributed by atoms with Crippen LogP contribution >= 0.6 is 11.6 Å². The van der Waals surface area contributed by atoms with Gasteiger partial charge in [0.05, 0.1) is 5.02 Å². The van der Waals surface area contributed by atoms with Crippen molar-refractivity contribution in [3.63, 3.8) is 0 Å². The Morgan fingerprint density at radius 1 is 1.12 bits per heavy atom. The number of nitrogens with zero attached hydrogens (tertiary/aromatic N) is 1. The van der Waals surface area contributed by atoms with E-state index in [4.69, 9.17) is 16.3 Å². The largest absolute Gasteiger partial charge is 0.456 e. The Morgan fingerprint density at radius 2 is 1.81 bits per heavy atom. The summed E-state index contributed by atoms with van der Waals surface area (Å²) in [5.74, 6) is 1.85. The van der Waals surface area contributed by atoms with E-state index in [0.717, 1.165) is 13.1 Å². The maximum absolute atomic E-state index is 12.7. The van der Waals surface area contributed by atoms with Gasteiger partial charge in [0.25, 0.3) is 5.91 Å². The number of fused-ring (bicyclic) bond motifs is 3. The van der Waals surface area contributed by atoms with Crippen molar-refractivity contribution in [3.05, 3.63) is 59.1 Å². The average Bonchev–Trinajstić information content (AvgIpc) is 2.67. The third-order valence-corrected chi connectivity index (χ3v) is 5.97. The number of hydrogen-bond donors (Lipinski definition) is 1. The summed E-state index contributed by atoms with van der Waals surface area (Å²) in [6.07, 6.45) is 2.36.